The summed E-state index contributed by atoms with van der Waals surface area (Å²) in [6, 6.07) is 9.57. The zero-order valence-corrected chi connectivity index (χ0v) is 16.5. The highest BCUT2D eigenvalue weighted by Gasteiger charge is 2.62. The molecule has 2 aromatic heterocycles. The van der Waals surface area contributed by atoms with Gasteiger partial charge >= 0.3 is 12.1 Å². The molecule has 0 radical (unpaired) electrons. The van der Waals surface area contributed by atoms with Crippen LogP contribution in [0.1, 0.15) is 21.9 Å². The molecule has 1 aromatic carbocycles. The molecule has 11 heteroatoms. The average Bonchev–Trinajstić information content (AvgIpc) is 3.38. The van der Waals surface area contributed by atoms with Gasteiger partial charge in [0, 0.05) is 18.9 Å². The zero-order valence-electron chi connectivity index (χ0n) is 16.5. The lowest BCUT2D eigenvalue weighted by Crippen LogP contribution is -2.53. The van der Waals surface area contributed by atoms with E-state index in [-0.39, 0.29) is 23.6 Å². The first-order valence-corrected chi connectivity index (χ1v) is 8.89. The summed E-state index contributed by atoms with van der Waals surface area (Å²) < 4.78 is 57.8. The standard InChI is InChI=1S/C20H18F3N3O5/c1-29-17(27)16-9-8-15(31-16)12-26-11-14(10-24-26)25-18(28)19(30-2,20(21,22)23)13-6-4-3-5-7-13/h3-11H,12H2,1-2H3,(H,25,28)/t19-/m0/s1. The summed E-state index contributed by atoms with van der Waals surface area (Å²) in [7, 11) is 2.03. The van der Waals surface area contributed by atoms with Gasteiger partial charge in [-0.05, 0) is 12.1 Å². The van der Waals surface area contributed by atoms with Crippen LogP contribution in [0.3, 0.4) is 0 Å². The predicted octanol–water partition coefficient (Wildman–Crippen LogP) is 3.35. The number of esters is 1. The molecule has 0 unspecified atom stereocenters. The highest BCUT2D eigenvalue weighted by atomic mass is 19.4. The second-order valence-electron chi connectivity index (χ2n) is 6.39. The first kappa shape index (κ1) is 22.1. The number of benzene rings is 1. The van der Waals surface area contributed by atoms with E-state index in [1.54, 1.807) is 0 Å². The van der Waals surface area contributed by atoms with E-state index in [0.717, 1.165) is 19.2 Å². The van der Waals surface area contributed by atoms with E-state index >= 15 is 0 Å². The number of hydrogen-bond acceptors (Lipinski definition) is 6. The van der Waals surface area contributed by atoms with Crippen LogP contribution >= 0.6 is 0 Å². The SMILES string of the molecule is COC(=O)c1ccc(Cn2cc(NC(=O)[C@@](OC)(c3ccccc3)C(F)(F)F)cn2)o1. The van der Waals surface area contributed by atoms with Gasteiger partial charge in [0.2, 0.25) is 5.76 Å². The Kier molecular flexibility index (Phi) is 6.16. The van der Waals surface area contributed by atoms with E-state index in [1.807, 2.05) is 0 Å². The number of carbonyl (C=O) groups excluding carboxylic acids is 2. The molecular formula is C20H18F3N3O5. The van der Waals surface area contributed by atoms with Gasteiger partial charge in [0.05, 0.1) is 25.5 Å². The van der Waals surface area contributed by atoms with E-state index in [0.29, 0.717) is 5.76 Å². The first-order chi connectivity index (χ1) is 14.7. The third kappa shape index (κ3) is 4.31. The van der Waals surface area contributed by atoms with Crippen LogP contribution in [0.2, 0.25) is 0 Å². The van der Waals surface area contributed by atoms with E-state index in [2.05, 4.69) is 15.2 Å². The van der Waals surface area contributed by atoms with Crippen molar-refractivity contribution in [3.05, 3.63) is 71.9 Å². The second kappa shape index (κ2) is 8.64. The zero-order chi connectivity index (χ0) is 22.6. The lowest BCUT2D eigenvalue weighted by atomic mass is 9.91. The maximum Gasteiger partial charge on any atom is 0.430 e. The normalized spacial score (nSPS) is 13.5. The van der Waals surface area contributed by atoms with Gasteiger partial charge < -0.3 is 19.2 Å². The van der Waals surface area contributed by atoms with Gasteiger partial charge in [0.15, 0.2) is 0 Å². The van der Waals surface area contributed by atoms with E-state index < -0.39 is 23.7 Å². The van der Waals surface area contributed by atoms with Crippen molar-refractivity contribution in [3.63, 3.8) is 0 Å². The molecule has 0 aliphatic carbocycles. The van der Waals surface area contributed by atoms with Gasteiger partial charge in [-0.2, -0.15) is 18.3 Å². The molecule has 164 valence electrons. The van der Waals surface area contributed by atoms with Gasteiger partial charge in [-0.25, -0.2) is 4.79 Å². The van der Waals surface area contributed by atoms with E-state index in [9.17, 15) is 22.8 Å². The summed E-state index contributed by atoms with van der Waals surface area (Å²) >= 11 is 0. The fourth-order valence-electron chi connectivity index (χ4n) is 2.99. The van der Waals surface area contributed by atoms with Crippen LogP contribution < -0.4 is 5.32 Å². The van der Waals surface area contributed by atoms with Crippen molar-refractivity contribution in [3.8, 4) is 0 Å². The van der Waals surface area contributed by atoms with Gasteiger partial charge in [-0.1, -0.05) is 30.3 Å². The Hall–Kier alpha value is -3.60. The van der Waals surface area contributed by atoms with Crippen molar-refractivity contribution in [1.82, 2.24) is 9.78 Å². The number of nitrogens with zero attached hydrogens (tertiary/aromatic N) is 2. The van der Waals surface area contributed by atoms with Gasteiger partial charge in [0.1, 0.15) is 5.76 Å². The van der Waals surface area contributed by atoms with Gasteiger partial charge in [-0.15, -0.1) is 0 Å². The quantitative estimate of drug-likeness (QED) is 0.570. The Balaban J connectivity index is 1.80. The number of hydrogen-bond donors (Lipinski definition) is 1. The third-order valence-electron chi connectivity index (χ3n) is 4.46. The maximum atomic E-state index is 13.9. The third-order valence-corrected chi connectivity index (χ3v) is 4.46. The summed E-state index contributed by atoms with van der Waals surface area (Å²) in [5, 5.41) is 6.19. The molecule has 0 aliphatic heterocycles. The van der Waals surface area contributed by atoms with E-state index in [4.69, 9.17) is 9.15 Å². The molecule has 1 N–H and O–H groups in total. The highest BCUT2D eigenvalue weighted by Crippen LogP contribution is 2.42. The first-order valence-electron chi connectivity index (χ1n) is 8.89. The fourth-order valence-corrected chi connectivity index (χ4v) is 2.99. The monoisotopic (exact) mass is 437 g/mol. The Morgan fingerprint density at radius 1 is 1.13 bits per heavy atom. The number of methoxy groups -OCH3 is 2. The number of nitrogens with one attached hydrogen (secondary N) is 1. The number of halogens is 3. The topological polar surface area (TPSA) is 95.6 Å². The number of amides is 1. The van der Waals surface area contributed by atoms with Crippen LogP contribution in [0.4, 0.5) is 18.9 Å². The molecular weight excluding hydrogens is 419 g/mol. The van der Waals surface area contributed by atoms with Crippen LogP contribution in [-0.4, -0.2) is 42.1 Å². The van der Waals surface area contributed by atoms with Crippen molar-refractivity contribution in [1.29, 1.82) is 0 Å². The average molecular weight is 437 g/mol. The van der Waals surface area contributed by atoms with Crippen molar-refractivity contribution >= 4 is 17.6 Å². The molecule has 3 rings (SSSR count). The van der Waals surface area contributed by atoms with Crippen molar-refractivity contribution < 1.29 is 36.7 Å². The van der Waals surface area contributed by atoms with Crippen LogP contribution in [0.15, 0.2) is 59.3 Å². The lowest BCUT2D eigenvalue weighted by Gasteiger charge is -2.33. The molecule has 3 aromatic rings. The smallest absolute Gasteiger partial charge is 0.430 e. The number of ether oxygens (including phenoxy) is 2. The van der Waals surface area contributed by atoms with Crippen molar-refractivity contribution in [2.75, 3.05) is 19.5 Å². The molecule has 0 bridgehead atoms. The summed E-state index contributed by atoms with van der Waals surface area (Å²) in [5.41, 5.74) is -3.54. The lowest BCUT2D eigenvalue weighted by molar-refractivity contribution is -0.263. The molecule has 0 saturated heterocycles. The molecule has 2 heterocycles. The molecule has 8 nitrogen and oxygen atoms in total. The minimum atomic E-state index is -5.03. The van der Waals surface area contributed by atoms with Gasteiger partial charge in [0.25, 0.3) is 11.5 Å². The maximum absolute atomic E-state index is 13.9. The van der Waals surface area contributed by atoms with Gasteiger partial charge in [-0.3, -0.25) is 9.48 Å². The number of rotatable bonds is 7. The Labute approximate surface area is 174 Å². The Morgan fingerprint density at radius 2 is 1.84 bits per heavy atom. The summed E-state index contributed by atoms with van der Waals surface area (Å²) in [6.45, 7) is 0.0697. The fraction of sp³-hybridized carbons (Fsp3) is 0.250. The van der Waals surface area contributed by atoms with Crippen LogP contribution in [0.25, 0.3) is 0 Å². The highest BCUT2D eigenvalue weighted by molar-refractivity contribution is 5.98. The molecule has 1 amide bonds. The Bertz CT molecular complexity index is 1060. The number of anilines is 1. The van der Waals surface area contributed by atoms with E-state index in [1.165, 1.54) is 54.5 Å². The molecule has 1 atom stereocenters. The Morgan fingerprint density at radius 3 is 2.45 bits per heavy atom. The summed E-state index contributed by atoms with van der Waals surface area (Å²) in [5.74, 6) is -1.72. The minimum Gasteiger partial charge on any atom is -0.463 e. The largest absolute Gasteiger partial charge is 0.463 e. The summed E-state index contributed by atoms with van der Waals surface area (Å²) in [4.78, 5) is 24.2. The number of alkyl halides is 3. The molecule has 0 saturated carbocycles. The molecule has 31 heavy (non-hydrogen) atoms. The minimum absolute atomic E-state index is 0.00361. The molecule has 0 fully saturated rings. The van der Waals surface area contributed by atoms with Crippen LogP contribution in [0.5, 0.6) is 0 Å². The van der Waals surface area contributed by atoms with Crippen molar-refractivity contribution in [2.24, 2.45) is 0 Å². The molecule has 0 spiro atoms. The summed E-state index contributed by atoms with van der Waals surface area (Å²) in [6.07, 6.45) is -2.52. The van der Waals surface area contributed by atoms with Crippen LogP contribution in [-0.2, 0) is 26.4 Å². The van der Waals surface area contributed by atoms with Crippen LogP contribution in [0, 0.1) is 0 Å². The predicted molar refractivity (Wildman–Crippen MR) is 101 cm³/mol. The number of aromatic nitrogens is 2. The number of carbonyl (C=O) groups is 2. The molecule has 0 aliphatic rings. The number of furan rings is 1. The second-order valence-corrected chi connectivity index (χ2v) is 6.39. The van der Waals surface area contributed by atoms with Crippen molar-refractivity contribution in [2.45, 2.75) is 18.3 Å².